The first kappa shape index (κ1) is 19.8. The van der Waals surface area contributed by atoms with Crippen molar-refractivity contribution in [3.05, 3.63) is 57.8 Å². The molecule has 1 saturated heterocycles. The fourth-order valence-electron chi connectivity index (χ4n) is 3.72. The van der Waals surface area contributed by atoms with Crippen LogP contribution >= 0.6 is 11.3 Å². The molecular weight excluding hydrogens is 356 g/mol. The molecule has 1 atom stereocenters. The van der Waals surface area contributed by atoms with E-state index in [1.807, 2.05) is 23.1 Å². The van der Waals surface area contributed by atoms with Crippen LogP contribution in [0.2, 0.25) is 0 Å². The number of carbonyl (C=O) groups is 2. The molecule has 1 amide bonds. The summed E-state index contributed by atoms with van der Waals surface area (Å²) in [6.45, 7) is 5.21. The second kappa shape index (κ2) is 9.29. The van der Waals surface area contributed by atoms with Gasteiger partial charge in [-0.25, -0.2) is 0 Å². The molecule has 0 radical (unpaired) electrons. The highest BCUT2D eigenvalue weighted by molar-refractivity contribution is 7.15. The number of rotatable bonds is 7. The zero-order chi connectivity index (χ0) is 19.2. The predicted molar refractivity (Wildman–Crippen MR) is 111 cm³/mol. The van der Waals surface area contributed by atoms with Gasteiger partial charge in [0.15, 0.2) is 5.78 Å². The standard InChI is InChI=1S/C22H28N2O2S/c1-17(25)20-10-11-21(27-20)22(26)24(14-12-18-7-4-3-5-8-18)16-19-9-6-13-23(2)15-19/h3-5,7-8,10-11,19H,6,9,12-16H2,1-2H3/t19-/m1/s1. The molecular formula is C22H28N2O2S. The molecule has 0 spiro atoms. The Kier molecular flexibility index (Phi) is 6.80. The molecule has 1 fully saturated rings. The van der Waals surface area contributed by atoms with Gasteiger partial charge in [0.25, 0.3) is 5.91 Å². The molecule has 0 bridgehead atoms. The lowest BCUT2D eigenvalue weighted by molar-refractivity contribution is 0.0698. The summed E-state index contributed by atoms with van der Waals surface area (Å²) in [5, 5.41) is 0. The Morgan fingerprint density at radius 3 is 2.56 bits per heavy atom. The fraction of sp³-hybridized carbons (Fsp3) is 0.455. The molecule has 27 heavy (non-hydrogen) atoms. The van der Waals surface area contributed by atoms with Crippen molar-refractivity contribution in [3.8, 4) is 0 Å². The molecule has 4 nitrogen and oxygen atoms in total. The molecule has 3 rings (SSSR count). The van der Waals surface area contributed by atoms with Gasteiger partial charge in [0.1, 0.15) is 0 Å². The number of likely N-dealkylation sites (tertiary alicyclic amines) is 1. The van der Waals surface area contributed by atoms with Gasteiger partial charge in [-0.15, -0.1) is 11.3 Å². The van der Waals surface area contributed by atoms with E-state index >= 15 is 0 Å². The lowest BCUT2D eigenvalue weighted by atomic mass is 9.97. The normalized spacial score (nSPS) is 17.6. The lowest BCUT2D eigenvalue weighted by Crippen LogP contribution is -2.42. The first-order valence-corrected chi connectivity index (χ1v) is 10.5. The summed E-state index contributed by atoms with van der Waals surface area (Å²) in [6.07, 6.45) is 3.21. The second-order valence-corrected chi connectivity index (χ2v) is 8.56. The van der Waals surface area contributed by atoms with Crippen molar-refractivity contribution in [1.82, 2.24) is 9.80 Å². The first-order valence-electron chi connectivity index (χ1n) is 9.65. The summed E-state index contributed by atoms with van der Waals surface area (Å²) in [4.78, 5) is 30.4. The minimum atomic E-state index is 0.0174. The van der Waals surface area contributed by atoms with Crippen LogP contribution in [0.3, 0.4) is 0 Å². The van der Waals surface area contributed by atoms with Crippen molar-refractivity contribution < 1.29 is 9.59 Å². The van der Waals surface area contributed by atoms with Gasteiger partial charge in [0.05, 0.1) is 9.75 Å². The molecule has 2 heterocycles. The van der Waals surface area contributed by atoms with Crippen LogP contribution in [-0.4, -0.2) is 54.7 Å². The molecule has 1 aliphatic rings. The first-order chi connectivity index (χ1) is 13.0. The number of piperidine rings is 1. The van der Waals surface area contributed by atoms with Crippen LogP contribution in [0.5, 0.6) is 0 Å². The molecule has 0 N–H and O–H groups in total. The molecule has 5 heteroatoms. The minimum absolute atomic E-state index is 0.0174. The number of hydrogen-bond acceptors (Lipinski definition) is 4. The van der Waals surface area contributed by atoms with E-state index in [1.165, 1.54) is 29.7 Å². The maximum absolute atomic E-state index is 13.2. The van der Waals surface area contributed by atoms with Crippen LogP contribution in [-0.2, 0) is 6.42 Å². The summed E-state index contributed by atoms with van der Waals surface area (Å²) in [5.41, 5.74) is 1.24. The summed E-state index contributed by atoms with van der Waals surface area (Å²) in [6, 6.07) is 13.9. The van der Waals surface area contributed by atoms with Crippen molar-refractivity contribution in [1.29, 1.82) is 0 Å². The van der Waals surface area contributed by atoms with Crippen molar-refractivity contribution in [2.45, 2.75) is 26.2 Å². The van der Waals surface area contributed by atoms with Crippen molar-refractivity contribution in [2.75, 3.05) is 33.2 Å². The van der Waals surface area contributed by atoms with Crippen LogP contribution in [0.25, 0.3) is 0 Å². The number of nitrogens with zero attached hydrogens (tertiary/aromatic N) is 2. The van der Waals surface area contributed by atoms with Gasteiger partial charge in [-0.1, -0.05) is 30.3 Å². The Labute approximate surface area is 165 Å². The average molecular weight is 385 g/mol. The van der Waals surface area contributed by atoms with Gasteiger partial charge < -0.3 is 9.80 Å². The van der Waals surface area contributed by atoms with Gasteiger partial charge >= 0.3 is 0 Å². The average Bonchev–Trinajstić information content (AvgIpc) is 3.16. The highest BCUT2D eigenvalue weighted by Crippen LogP contribution is 2.22. The summed E-state index contributed by atoms with van der Waals surface area (Å²) < 4.78 is 0. The Bertz CT molecular complexity index is 772. The van der Waals surface area contributed by atoms with Gasteiger partial charge in [0, 0.05) is 19.6 Å². The monoisotopic (exact) mass is 384 g/mol. The highest BCUT2D eigenvalue weighted by atomic mass is 32.1. The van der Waals surface area contributed by atoms with E-state index in [0.29, 0.717) is 22.2 Å². The van der Waals surface area contributed by atoms with E-state index in [0.717, 1.165) is 26.1 Å². The van der Waals surface area contributed by atoms with E-state index in [9.17, 15) is 9.59 Å². The Morgan fingerprint density at radius 1 is 1.15 bits per heavy atom. The van der Waals surface area contributed by atoms with Crippen LogP contribution in [0.1, 0.15) is 44.7 Å². The summed E-state index contributed by atoms with van der Waals surface area (Å²) in [5.74, 6) is 0.580. The van der Waals surface area contributed by atoms with Crippen molar-refractivity contribution in [2.24, 2.45) is 5.92 Å². The zero-order valence-electron chi connectivity index (χ0n) is 16.2. The van der Waals surface area contributed by atoms with E-state index in [-0.39, 0.29) is 11.7 Å². The molecule has 0 aliphatic carbocycles. The maximum atomic E-state index is 13.2. The molecule has 2 aromatic rings. The predicted octanol–water partition coefficient (Wildman–Crippen LogP) is 3.98. The van der Waals surface area contributed by atoms with Crippen molar-refractivity contribution in [3.63, 3.8) is 0 Å². The number of benzene rings is 1. The smallest absolute Gasteiger partial charge is 0.263 e. The van der Waals surface area contributed by atoms with Crippen LogP contribution < -0.4 is 0 Å². The van der Waals surface area contributed by atoms with E-state index in [2.05, 4.69) is 24.1 Å². The summed E-state index contributed by atoms with van der Waals surface area (Å²) in [7, 11) is 2.15. The maximum Gasteiger partial charge on any atom is 0.263 e. The van der Waals surface area contributed by atoms with Gasteiger partial charge in [-0.2, -0.15) is 0 Å². The second-order valence-electron chi connectivity index (χ2n) is 7.48. The fourth-order valence-corrected chi connectivity index (χ4v) is 4.59. The molecule has 144 valence electrons. The zero-order valence-corrected chi connectivity index (χ0v) is 17.0. The Morgan fingerprint density at radius 2 is 1.89 bits per heavy atom. The SMILES string of the molecule is CC(=O)c1ccc(C(=O)N(CCc2ccccc2)C[C@@H]2CCCN(C)C2)s1. The number of ketones is 1. The van der Waals surface area contributed by atoms with Crippen LogP contribution in [0.4, 0.5) is 0 Å². The molecule has 1 aromatic carbocycles. The van der Waals surface area contributed by atoms with Crippen molar-refractivity contribution >= 4 is 23.0 Å². The quantitative estimate of drug-likeness (QED) is 0.678. The van der Waals surface area contributed by atoms with E-state index in [1.54, 1.807) is 19.1 Å². The van der Waals surface area contributed by atoms with Gasteiger partial charge in [0.2, 0.25) is 0 Å². The number of amides is 1. The third kappa shape index (κ3) is 5.50. The number of hydrogen-bond donors (Lipinski definition) is 0. The molecule has 0 saturated carbocycles. The van der Waals surface area contributed by atoms with E-state index < -0.39 is 0 Å². The number of Topliss-reactive ketones (excluding diaryl/α,β-unsaturated/α-hetero) is 1. The van der Waals surface area contributed by atoms with Gasteiger partial charge in [-0.05, 0) is 63.4 Å². The molecule has 1 aliphatic heterocycles. The van der Waals surface area contributed by atoms with Crippen LogP contribution in [0, 0.1) is 5.92 Å². The topological polar surface area (TPSA) is 40.6 Å². The largest absolute Gasteiger partial charge is 0.337 e. The van der Waals surface area contributed by atoms with E-state index in [4.69, 9.17) is 0 Å². The minimum Gasteiger partial charge on any atom is -0.337 e. The third-order valence-corrected chi connectivity index (χ3v) is 6.34. The molecule has 1 aromatic heterocycles. The number of carbonyl (C=O) groups excluding carboxylic acids is 2. The van der Waals surface area contributed by atoms with Crippen LogP contribution in [0.15, 0.2) is 42.5 Å². The molecule has 0 unspecified atom stereocenters. The number of thiophene rings is 1. The highest BCUT2D eigenvalue weighted by Gasteiger charge is 2.24. The summed E-state index contributed by atoms with van der Waals surface area (Å²) >= 11 is 1.31. The van der Waals surface area contributed by atoms with Gasteiger partial charge in [-0.3, -0.25) is 9.59 Å². The third-order valence-electron chi connectivity index (χ3n) is 5.16. The lowest BCUT2D eigenvalue weighted by Gasteiger charge is -2.33. The Hall–Kier alpha value is -1.98. The Balaban J connectivity index is 1.72.